The van der Waals surface area contributed by atoms with E-state index in [1.54, 1.807) is 0 Å². The summed E-state index contributed by atoms with van der Waals surface area (Å²) in [4.78, 5) is 13.7. The predicted molar refractivity (Wildman–Crippen MR) is 74.8 cm³/mol. The summed E-state index contributed by atoms with van der Waals surface area (Å²) in [7, 11) is 0. The minimum Gasteiger partial charge on any atom is -0.326 e. The standard InChI is InChI=1S/C13H17N3OS/c14-11(6-10-4-2-1-3-5-10)7-15-8-12-9-18-13(17)16-12/h1-5,9,11,15H,6-8,14H2,(H,16,17). The van der Waals surface area contributed by atoms with Crippen LogP contribution in [0.1, 0.15) is 11.3 Å². The van der Waals surface area contributed by atoms with E-state index in [1.807, 2.05) is 23.6 Å². The first-order chi connectivity index (χ1) is 8.74. The Morgan fingerprint density at radius 3 is 2.78 bits per heavy atom. The van der Waals surface area contributed by atoms with Crippen LogP contribution in [0.25, 0.3) is 0 Å². The Balaban J connectivity index is 1.72. The molecule has 4 nitrogen and oxygen atoms in total. The maximum atomic E-state index is 10.9. The Labute approximate surface area is 110 Å². The molecule has 0 aliphatic carbocycles. The number of H-pyrrole nitrogens is 1. The minimum absolute atomic E-state index is 0.0135. The first-order valence-electron chi connectivity index (χ1n) is 5.91. The van der Waals surface area contributed by atoms with Crippen LogP contribution in [0, 0.1) is 0 Å². The number of benzene rings is 1. The van der Waals surface area contributed by atoms with E-state index in [9.17, 15) is 4.79 Å². The molecule has 0 saturated heterocycles. The van der Waals surface area contributed by atoms with Crippen molar-refractivity contribution in [2.75, 3.05) is 6.54 Å². The van der Waals surface area contributed by atoms with Crippen molar-refractivity contribution in [3.63, 3.8) is 0 Å². The van der Waals surface area contributed by atoms with Gasteiger partial charge in [-0.2, -0.15) is 0 Å². The lowest BCUT2D eigenvalue weighted by molar-refractivity contribution is 0.569. The molecule has 1 unspecified atom stereocenters. The van der Waals surface area contributed by atoms with Crippen LogP contribution in [0.4, 0.5) is 0 Å². The molecule has 1 aromatic carbocycles. The Bertz CT molecular complexity index is 520. The van der Waals surface area contributed by atoms with E-state index < -0.39 is 0 Å². The second kappa shape index (κ2) is 6.49. The zero-order chi connectivity index (χ0) is 12.8. The lowest BCUT2D eigenvalue weighted by atomic mass is 10.1. The summed E-state index contributed by atoms with van der Waals surface area (Å²) in [5.74, 6) is 0. The molecular formula is C13H17N3OS. The maximum Gasteiger partial charge on any atom is 0.304 e. The smallest absolute Gasteiger partial charge is 0.304 e. The van der Waals surface area contributed by atoms with Crippen LogP contribution < -0.4 is 15.9 Å². The molecule has 0 fully saturated rings. The van der Waals surface area contributed by atoms with Gasteiger partial charge in [0.25, 0.3) is 0 Å². The van der Waals surface area contributed by atoms with Gasteiger partial charge < -0.3 is 16.0 Å². The lowest BCUT2D eigenvalue weighted by Crippen LogP contribution is -2.35. The SMILES string of the molecule is NC(CNCc1csc(=O)[nH]1)Cc1ccccc1. The van der Waals surface area contributed by atoms with Crippen LogP contribution in [-0.4, -0.2) is 17.6 Å². The summed E-state index contributed by atoms with van der Waals surface area (Å²) in [6, 6.07) is 10.3. The van der Waals surface area contributed by atoms with Gasteiger partial charge in [-0.25, -0.2) is 0 Å². The van der Waals surface area contributed by atoms with Crippen LogP contribution in [0.15, 0.2) is 40.5 Å². The van der Waals surface area contributed by atoms with Crippen LogP contribution in [-0.2, 0) is 13.0 Å². The van der Waals surface area contributed by atoms with E-state index in [1.165, 1.54) is 16.9 Å². The zero-order valence-electron chi connectivity index (χ0n) is 10.1. The fraction of sp³-hybridized carbons (Fsp3) is 0.308. The van der Waals surface area contributed by atoms with Crippen molar-refractivity contribution in [2.24, 2.45) is 5.73 Å². The van der Waals surface area contributed by atoms with Gasteiger partial charge >= 0.3 is 4.87 Å². The highest BCUT2D eigenvalue weighted by atomic mass is 32.1. The van der Waals surface area contributed by atoms with Gasteiger partial charge in [-0.15, -0.1) is 0 Å². The molecule has 5 heteroatoms. The van der Waals surface area contributed by atoms with Gasteiger partial charge in [0, 0.05) is 30.2 Å². The fourth-order valence-corrected chi connectivity index (χ4v) is 2.36. The van der Waals surface area contributed by atoms with Gasteiger partial charge in [-0.05, 0) is 12.0 Å². The number of aromatic nitrogens is 1. The monoisotopic (exact) mass is 263 g/mol. The molecule has 4 N–H and O–H groups in total. The van der Waals surface area contributed by atoms with Crippen molar-refractivity contribution in [3.05, 3.63) is 56.6 Å². The molecule has 2 rings (SSSR count). The summed E-state index contributed by atoms with van der Waals surface area (Å²) < 4.78 is 0. The molecule has 0 aliphatic rings. The summed E-state index contributed by atoms with van der Waals surface area (Å²) in [5, 5.41) is 5.08. The minimum atomic E-state index is -0.0135. The van der Waals surface area contributed by atoms with Crippen molar-refractivity contribution in [2.45, 2.75) is 19.0 Å². The van der Waals surface area contributed by atoms with Crippen molar-refractivity contribution in [1.29, 1.82) is 0 Å². The van der Waals surface area contributed by atoms with E-state index in [0.29, 0.717) is 6.54 Å². The van der Waals surface area contributed by atoms with Crippen LogP contribution in [0.3, 0.4) is 0 Å². The van der Waals surface area contributed by atoms with Gasteiger partial charge in [0.05, 0.1) is 0 Å². The highest BCUT2D eigenvalue weighted by Crippen LogP contribution is 2.01. The maximum absolute atomic E-state index is 10.9. The number of hydrogen-bond donors (Lipinski definition) is 3. The fourth-order valence-electron chi connectivity index (χ4n) is 1.78. The van der Waals surface area contributed by atoms with E-state index in [4.69, 9.17) is 5.73 Å². The number of thiazole rings is 1. The third-order valence-electron chi connectivity index (χ3n) is 2.63. The second-order valence-electron chi connectivity index (χ2n) is 4.25. The molecule has 0 amide bonds. The molecule has 0 radical (unpaired) electrons. The van der Waals surface area contributed by atoms with E-state index in [2.05, 4.69) is 22.4 Å². The molecule has 1 heterocycles. The molecule has 0 bridgehead atoms. The van der Waals surface area contributed by atoms with Crippen molar-refractivity contribution in [1.82, 2.24) is 10.3 Å². The van der Waals surface area contributed by atoms with Crippen molar-refractivity contribution >= 4 is 11.3 Å². The van der Waals surface area contributed by atoms with Crippen LogP contribution >= 0.6 is 11.3 Å². The Hall–Kier alpha value is -1.43. The van der Waals surface area contributed by atoms with Gasteiger partial charge in [0.15, 0.2) is 0 Å². The topological polar surface area (TPSA) is 70.9 Å². The number of aromatic amines is 1. The first-order valence-corrected chi connectivity index (χ1v) is 6.79. The van der Waals surface area contributed by atoms with Crippen LogP contribution in [0.5, 0.6) is 0 Å². The molecule has 96 valence electrons. The van der Waals surface area contributed by atoms with Gasteiger partial charge in [-0.1, -0.05) is 41.7 Å². The average Bonchev–Trinajstić information content (AvgIpc) is 2.76. The molecule has 0 spiro atoms. The van der Waals surface area contributed by atoms with E-state index in [-0.39, 0.29) is 10.9 Å². The number of nitrogens with two attached hydrogens (primary N) is 1. The van der Waals surface area contributed by atoms with Gasteiger partial charge in [-0.3, -0.25) is 4.79 Å². The molecule has 1 atom stereocenters. The van der Waals surface area contributed by atoms with Gasteiger partial charge in [0.1, 0.15) is 0 Å². The lowest BCUT2D eigenvalue weighted by Gasteiger charge is -2.12. The summed E-state index contributed by atoms with van der Waals surface area (Å²) in [6.45, 7) is 1.38. The molecule has 0 saturated carbocycles. The Morgan fingerprint density at radius 1 is 1.33 bits per heavy atom. The Morgan fingerprint density at radius 2 is 2.11 bits per heavy atom. The largest absolute Gasteiger partial charge is 0.326 e. The number of nitrogens with one attached hydrogen (secondary N) is 2. The number of rotatable bonds is 6. The van der Waals surface area contributed by atoms with Gasteiger partial charge in [0.2, 0.25) is 0 Å². The molecule has 18 heavy (non-hydrogen) atoms. The quantitative estimate of drug-likeness (QED) is 0.731. The highest BCUT2D eigenvalue weighted by Gasteiger charge is 2.04. The zero-order valence-corrected chi connectivity index (χ0v) is 10.9. The van der Waals surface area contributed by atoms with Crippen LogP contribution in [0.2, 0.25) is 0 Å². The first kappa shape index (κ1) is 13.0. The third-order valence-corrected chi connectivity index (χ3v) is 3.35. The predicted octanol–water partition coefficient (Wildman–Crippen LogP) is 1.10. The summed E-state index contributed by atoms with van der Waals surface area (Å²) in [6.07, 6.45) is 0.855. The van der Waals surface area contributed by atoms with Crippen molar-refractivity contribution < 1.29 is 0 Å². The summed E-state index contributed by atoms with van der Waals surface area (Å²) >= 11 is 1.18. The van der Waals surface area contributed by atoms with E-state index >= 15 is 0 Å². The molecule has 2 aromatic rings. The Kier molecular flexibility index (Phi) is 4.69. The summed E-state index contributed by atoms with van der Waals surface area (Å²) in [5.41, 5.74) is 8.20. The molecular weight excluding hydrogens is 246 g/mol. The highest BCUT2D eigenvalue weighted by molar-refractivity contribution is 7.07. The normalized spacial score (nSPS) is 12.5. The number of hydrogen-bond acceptors (Lipinski definition) is 4. The van der Waals surface area contributed by atoms with Crippen molar-refractivity contribution in [3.8, 4) is 0 Å². The second-order valence-corrected chi connectivity index (χ2v) is 5.10. The third kappa shape index (κ3) is 4.10. The average molecular weight is 263 g/mol. The molecule has 0 aliphatic heterocycles. The van der Waals surface area contributed by atoms with E-state index in [0.717, 1.165) is 18.7 Å². The molecule has 1 aromatic heterocycles.